The van der Waals surface area contributed by atoms with Gasteiger partial charge in [-0.15, -0.1) is 11.8 Å². The molecule has 9 heteroatoms. The molecular weight excluding hydrogens is 402 g/mol. The van der Waals surface area contributed by atoms with Gasteiger partial charge < -0.3 is 5.32 Å². The summed E-state index contributed by atoms with van der Waals surface area (Å²) in [7, 11) is -0.524. The first kappa shape index (κ1) is 19.8. The van der Waals surface area contributed by atoms with E-state index in [0.717, 1.165) is 4.90 Å². The van der Waals surface area contributed by atoms with Gasteiger partial charge in [0.15, 0.2) is 5.13 Å². The molecule has 0 spiro atoms. The highest BCUT2D eigenvalue weighted by Crippen LogP contribution is 2.29. The molecule has 0 atom stereocenters. The van der Waals surface area contributed by atoms with Gasteiger partial charge in [0.1, 0.15) is 0 Å². The van der Waals surface area contributed by atoms with Gasteiger partial charge in [-0.05, 0) is 37.3 Å². The fourth-order valence-corrected chi connectivity index (χ4v) is 4.89. The molecule has 1 N–H and O–H groups in total. The molecule has 0 saturated heterocycles. The molecule has 0 aliphatic rings. The second-order valence-electron chi connectivity index (χ2n) is 6.09. The maximum absolute atomic E-state index is 12.2. The van der Waals surface area contributed by atoms with Crippen molar-refractivity contribution in [2.75, 3.05) is 25.2 Å². The second kappa shape index (κ2) is 7.97. The number of nitrogens with zero attached hydrogens (tertiary/aromatic N) is 2. The minimum absolute atomic E-state index is 0.152. The third-order valence-corrected chi connectivity index (χ3v) is 7.53. The molecule has 1 amide bonds. The summed E-state index contributed by atoms with van der Waals surface area (Å²) in [6, 6.07) is 12.7. The van der Waals surface area contributed by atoms with E-state index in [9.17, 15) is 13.2 Å². The number of hydrogen-bond donors (Lipinski definition) is 1. The second-order valence-corrected chi connectivity index (χ2v) is 10.3. The highest BCUT2D eigenvalue weighted by atomic mass is 32.2. The number of aromatic nitrogens is 1. The van der Waals surface area contributed by atoms with Crippen molar-refractivity contribution in [2.45, 2.75) is 16.7 Å². The van der Waals surface area contributed by atoms with E-state index in [-0.39, 0.29) is 16.6 Å². The van der Waals surface area contributed by atoms with Gasteiger partial charge in [0.25, 0.3) is 0 Å². The van der Waals surface area contributed by atoms with E-state index in [1.165, 1.54) is 53.1 Å². The number of benzene rings is 2. The van der Waals surface area contributed by atoms with Crippen LogP contribution < -0.4 is 5.32 Å². The first-order chi connectivity index (χ1) is 12.8. The van der Waals surface area contributed by atoms with E-state index < -0.39 is 10.0 Å². The number of thioether (sulfide) groups is 1. The number of nitrogens with one attached hydrogen (secondary N) is 1. The Morgan fingerprint density at radius 1 is 1.19 bits per heavy atom. The molecular formula is C18H19N3O3S3. The van der Waals surface area contributed by atoms with E-state index in [1.54, 1.807) is 12.1 Å². The minimum Gasteiger partial charge on any atom is -0.301 e. The first-order valence-corrected chi connectivity index (χ1v) is 11.3. The number of hydrogen-bond acceptors (Lipinski definition) is 6. The van der Waals surface area contributed by atoms with Crippen molar-refractivity contribution < 1.29 is 13.2 Å². The van der Waals surface area contributed by atoms with Gasteiger partial charge in [0.2, 0.25) is 15.9 Å². The highest BCUT2D eigenvalue weighted by molar-refractivity contribution is 8.00. The first-order valence-electron chi connectivity index (χ1n) is 8.08. The molecule has 2 aromatic carbocycles. The van der Waals surface area contributed by atoms with E-state index in [4.69, 9.17) is 0 Å². The number of rotatable bonds is 6. The molecule has 0 fully saturated rings. The number of amides is 1. The number of fused-ring (bicyclic) bond motifs is 1. The molecule has 0 unspecified atom stereocenters. The number of aryl methyl sites for hydroxylation is 1. The van der Waals surface area contributed by atoms with Gasteiger partial charge in [0, 0.05) is 19.0 Å². The molecule has 0 saturated carbocycles. The van der Waals surface area contributed by atoms with E-state index >= 15 is 0 Å². The van der Waals surface area contributed by atoms with Crippen LogP contribution in [0.4, 0.5) is 5.13 Å². The standard InChI is InChI=1S/C18H19N3O3S3/c1-12-4-6-13(7-5-12)25-11-17(22)20-18-19-15-9-8-14(10-16(15)26-18)27(23,24)21(2)3/h4-10H,11H2,1-3H3,(H,19,20,22). The lowest BCUT2D eigenvalue weighted by Gasteiger charge is -2.10. The largest absolute Gasteiger partial charge is 0.301 e. The van der Waals surface area contributed by atoms with Crippen molar-refractivity contribution in [3.63, 3.8) is 0 Å². The van der Waals surface area contributed by atoms with Gasteiger partial charge in [0.05, 0.1) is 20.9 Å². The fraction of sp³-hybridized carbons (Fsp3) is 0.222. The predicted octanol–water partition coefficient (Wildman–Crippen LogP) is 3.59. The minimum atomic E-state index is -3.50. The Bertz CT molecular complexity index is 1070. The van der Waals surface area contributed by atoms with E-state index in [0.29, 0.717) is 15.3 Å². The topological polar surface area (TPSA) is 79.4 Å². The van der Waals surface area contributed by atoms with Crippen LogP contribution in [0.15, 0.2) is 52.3 Å². The predicted molar refractivity (Wildman–Crippen MR) is 111 cm³/mol. The zero-order valence-electron chi connectivity index (χ0n) is 15.1. The quantitative estimate of drug-likeness (QED) is 0.616. The van der Waals surface area contributed by atoms with Gasteiger partial charge in [-0.2, -0.15) is 0 Å². The van der Waals surface area contributed by atoms with Crippen LogP contribution in [0.2, 0.25) is 0 Å². The average Bonchev–Trinajstić information content (AvgIpc) is 3.02. The Balaban J connectivity index is 1.70. The van der Waals surface area contributed by atoms with Crippen LogP contribution in [0.3, 0.4) is 0 Å². The van der Waals surface area contributed by atoms with E-state index in [1.807, 2.05) is 31.2 Å². The fourth-order valence-electron chi connectivity index (χ4n) is 2.27. The van der Waals surface area contributed by atoms with Crippen LogP contribution >= 0.6 is 23.1 Å². The molecule has 0 radical (unpaired) electrons. The van der Waals surface area contributed by atoms with Crippen LogP contribution in [-0.2, 0) is 14.8 Å². The van der Waals surface area contributed by atoms with Crippen LogP contribution in [0.5, 0.6) is 0 Å². The average molecular weight is 422 g/mol. The van der Waals surface area contributed by atoms with Crippen LogP contribution in [-0.4, -0.2) is 43.5 Å². The number of thiazole rings is 1. The van der Waals surface area contributed by atoms with Crippen LogP contribution in [0, 0.1) is 6.92 Å². The Morgan fingerprint density at radius 2 is 1.89 bits per heavy atom. The van der Waals surface area contributed by atoms with Crippen molar-refractivity contribution >= 4 is 54.4 Å². The van der Waals surface area contributed by atoms with Crippen molar-refractivity contribution in [1.82, 2.24) is 9.29 Å². The zero-order chi connectivity index (χ0) is 19.6. The third kappa shape index (κ3) is 4.67. The van der Waals surface area contributed by atoms with E-state index in [2.05, 4.69) is 10.3 Å². The van der Waals surface area contributed by atoms with Gasteiger partial charge in [-0.25, -0.2) is 17.7 Å². The molecule has 142 valence electrons. The van der Waals surface area contributed by atoms with Gasteiger partial charge in [-0.1, -0.05) is 29.0 Å². The number of carbonyl (C=O) groups excluding carboxylic acids is 1. The number of carbonyl (C=O) groups is 1. The summed E-state index contributed by atoms with van der Waals surface area (Å²) >= 11 is 2.71. The molecule has 1 aromatic heterocycles. The van der Waals surface area contributed by atoms with Crippen molar-refractivity contribution in [3.8, 4) is 0 Å². The third-order valence-electron chi connectivity index (χ3n) is 3.78. The summed E-state index contributed by atoms with van der Waals surface area (Å²) in [5.74, 6) is 0.125. The molecule has 0 bridgehead atoms. The SMILES string of the molecule is Cc1ccc(SCC(=O)Nc2nc3ccc(S(=O)(=O)N(C)C)cc3s2)cc1. The molecule has 3 rings (SSSR count). The Hall–Kier alpha value is -1.94. The molecule has 0 aliphatic carbocycles. The lowest BCUT2D eigenvalue weighted by atomic mass is 10.2. The normalized spacial score (nSPS) is 11.9. The summed E-state index contributed by atoms with van der Waals surface area (Å²) < 4.78 is 26.4. The Kier molecular flexibility index (Phi) is 5.85. The maximum Gasteiger partial charge on any atom is 0.242 e. The summed E-state index contributed by atoms with van der Waals surface area (Å²) in [4.78, 5) is 17.8. The zero-order valence-corrected chi connectivity index (χ0v) is 17.5. The number of anilines is 1. The monoisotopic (exact) mass is 421 g/mol. The van der Waals surface area contributed by atoms with Crippen molar-refractivity contribution in [3.05, 3.63) is 48.0 Å². The van der Waals surface area contributed by atoms with Crippen LogP contribution in [0.1, 0.15) is 5.56 Å². The molecule has 1 heterocycles. The van der Waals surface area contributed by atoms with Crippen molar-refractivity contribution in [2.24, 2.45) is 0 Å². The molecule has 3 aromatic rings. The Morgan fingerprint density at radius 3 is 2.56 bits per heavy atom. The maximum atomic E-state index is 12.2. The lowest BCUT2D eigenvalue weighted by molar-refractivity contribution is -0.113. The Labute approximate surface area is 166 Å². The van der Waals surface area contributed by atoms with Crippen molar-refractivity contribution in [1.29, 1.82) is 0 Å². The highest BCUT2D eigenvalue weighted by Gasteiger charge is 2.18. The lowest BCUT2D eigenvalue weighted by Crippen LogP contribution is -2.22. The molecule has 27 heavy (non-hydrogen) atoms. The molecule has 6 nitrogen and oxygen atoms in total. The van der Waals surface area contributed by atoms with Crippen LogP contribution in [0.25, 0.3) is 10.2 Å². The summed E-state index contributed by atoms with van der Waals surface area (Å²) in [6.45, 7) is 2.02. The smallest absolute Gasteiger partial charge is 0.242 e. The summed E-state index contributed by atoms with van der Waals surface area (Å²) in [6.07, 6.45) is 0. The van der Waals surface area contributed by atoms with Gasteiger partial charge in [-0.3, -0.25) is 4.79 Å². The van der Waals surface area contributed by atoms with Gasteiger partial charge >= 0.3 is 0 Å². The summed E-state index contributed by atoms with van der Waals surface area (Å²) in [5, 5.41) is 3.24. The summed E-state index contributed by atoms with van der Waals surface area (Å²) in [5.41, 5.74) is 1.83. The molecule has 0 aliphatic heterocycles. The number of sulfonamides is 1.